The van der Waals surface area contributed by atoms with Crippen molar-refractivity contribution < 1.29 is 23.7 Å². The number of hydrogen-bond donors (Lipinski definition) is 1. The third kappa shape index (κ3) is 5.93. The molecular weight excluding hydrogens is 504 g/mol. The molecule has 1 heterocycles. The minimum Gasteiger partial charge on any atom is -0.493 e. The highest BCUT2D eigenvalue weighted by Crippen LogP contribution is 2.45. The topological polar surface area (TPSA) is 104 Å². The largest absolute Gasteiger partial charge is 0.493 e. The standard InChI is InChI=1S/C30H27ClN2O5/c1-3-4-15-36-25-13-9-20(16-27(25)35-2)29-22-12-11-21(17-26(22)38-30(33)23(29)18-32)37-28(34)14-10-19-7-5-6-8-24(19)31/h5-14,16-17,29H,3-4,15,33H2,1-2H3/b14-10+. The maximum Gasteiger partial charge on any atom is 0.336 e. The smallest absolute Gasteiger partial charge is 0.336 e. The molecule has 1 aliphatic heterocycles. The zero-order chi connectivity index (χ0) is 27.1. The second-order valence-corrected chi connectivity index (χ2v) is 8.92. The summed E-state index contributed by atoms with van der Waals surface area (Å²) in [6.07, 6.45) is 4.82. The van der Waals surface area contributed by atoms with Crippen LogP contribution in [-0.4, -0.2) is 19.7 Å². The normalized spacial score (nSPS) is 14.4. The van der Waals surface area contributed by atoms with Crippen molar-refractivity contribution >= 4 is 23.6 Å². The van der Waals surface area contributed by atoms with Crippen molar-refractivity contribution in [1.29, 1.82) is 5.26 Å². The van der Waals surface area contributed by atoms with Crippen LogP contribution < -0.4 is 24.7 Å². The molecule has 0 fully saturated rings. The minimum atomic E-state index is -0.582. The number of nitrogens with zero attached hydrogens (tertiary/aromatic N) is 1. The van der Waals surface area contributed by atoms with Crippen LogP contribution in [0.5, 0.6) is 23.0 Å². The summed E-state index contributed by atoms with van der Waals surface area (Å²) in [5, 5.41) is 10.4. The van der Waals surface area contributed by atoms with Crippen molar-refractivity contribution in [3.05, 3.63) is 99.9 Å². The van der Waals surface area contributed by atoms with E-state index in [9.17, 15) is 10.1 Å². The Kier molecular flexibility index (Phi) is 8.57. The predicted molar refractivity (Wildman–Crippen MR) is 145 cm³/mol. The van der Waals surface area contributed by atoms with E-state index in [0.717, 1.165) is 18.4 Å². The number of methoxy groups -OCH3 is 1. The van der Waals surface area contributed by atoms with Crippen LogP contribution >= 0.6 is 11.6 Å². The molecule has 3 aromatic carbocycles. The number of hydrogen-bond acceptors (Lipinski definition) is 7. The van der Waals surface area contributed by atoms with Crippen molar-refractivity contribution in [3.63, 3.8) is 0 Å². The van der Waals surface area contributed by atoms with E-state index >= 15 is 0 Å². The Hall–Kier alpha value is -4.41. The summed E-state index contributed by atoms with van der Waals surface area (Å²) in [5.41, 5.74) is 8.58. The van der Waals surface area contributed by atoms with Crippen LogP contribution in [-0.2, 0) is 4.79 Å². The quantitative estimate of drug-likeness (QED) is 0.148. The van der Waals surface area contributed by atoms with Gasteiger partial charge in [-0.1, -0.05) is 55.3 Å². The molecule has 8 heteroatoms. The fourth-order valence-corrected chi connectivity index (χ4v) is 4.27. The van der Waals surface area contributed by atoms with Crippen LogP contribution in [0.25, 0.3) is 6.08 Å². The van der Waals surface area contributed by atoms with Gasteiger partial charge in [0.15, 0.2) is 11.5 Å². The number of esters is 1. The molecule has 1 aliphatic rings. The SMILES string of the molecule is CCCCOc1ccc(C2C(C#N)=C(N)Oc3cc(OC(=O)/C=C/c4ccccc4Cl)ccc32)cc1OC. The van der Waals surface area contributed by atoms with Gasteiger partial charge in [0.2, 0.25) is 5.88 Å². The molecule has 0 spiro atoms. The molecule has 4 rings (SSSR count). The summed E-state index contributed by atoms with van der Waals surface area (Å²) in [7, 11) is 1.57. The molecule has 0 aliphatic carbocycles. The maximum absolute atomic E-state index is 12.4. The van der Waals surface area contributed by atoms with Crippen LogP contribution in [0, 0.1) is 11.3 Å². The lowest BCUT2D eigenvalue weighted by Crippen LogP contribution is -2.21. The summed E-state index contributed by atoms with van der Waals surface area (Å²) in [6.45, 7) is 2.67. The summed E-state index contributed by atoms with van der Waals surface area (Å²) in [4.78, 5) is 12.4. The van der Waals surface area contributed by atoms with Gasteiger partial charge in [0, 0.05) is 22.7 Å². The van der Waals surface area contributed by atoms with Gasteiger partial charge in [-0.2, -0.15) is 5.26 Å². The molecule has 38 heavy (non-hydrogen) atoms. The van der Waals surface area contributed by atoms with Gasteiger partial charge >= 0.3 is 5.97 Å². The van der Waals surface area contributed by atoms with Gasteiger partial charge in [-0.25, -0.2) is 4.79 Å². The Morgan fingerprint density at radius 2 is 1.97 bits per heavy atom. The molecule has 7 nitrogen and oxygen atoms in total. The number of rotatable bonds is 9. The summed E-state index contributed by atoms with van der Waals surface area (Å²) >= 11 is 6.13. The van der Waals surface area contributed by atoms with Gasteiger partial charge < -0.3 is 24.7 Å². The van der Waals surface area contributed by atoms with E-state index in [1.165, 1.54) is 6.08 Å². The van der Waals surface area contributed by atoms with Gasteiger partial charge in [0.1, 0.15) is 23.1 Å². The highest BCUT2D eigenvalue weighted by molar-refractivity contribution is 6.32. The highest BCUT2D eigenvalue weighted by Gasteiger charge is 2.31. The lowest BCUT2D eigenvalue weighted by atomic mass is 9.83. The molecule has 0 radical (unpaired) electrons. The third-order valence-electron chi connectivity index (χ3n) is 5.99. The van der Waals surface area contributed by atoms with Gasteiger partial charge in [-0.3, -0.25) is 0 Å². The molecule has 0 amide bonds. The van der Waals surface area contributed by atoms with Crippen LogP contribution in [0.3, 0.4) is 0 Å². The first-order chi connectivity index (χ1) is 18.4. The molecule has 0 aromatic heterocycles. The molecule has 1 atom stereocenters. The molecule has 0 bridgehead atoms. The van der Waals surface area contributed by atoms with Crippen molar-refractivity contribution in [1.82, 2.24) is 0 Å². The molecule has 1 unspecified atom stereocenters. The fourth-order valence-electron chi connectivity index (χ4n) is 4.07. The number of fused-ring (bicyclic) bond motifs is 1. The van der Waals surface area contributed by atoms with E-state index in [1.54, 1.807) is 43.5 Å². The van der Waals surface area contributed by atoms with E-state index in [4.69, 9.17) is 36.3 Å². The number of carbonyl (C=O) groups excluding carboxylic acids is 1. The Morgan fingerprint density at radius 3 is 2.71 bits per heavy atom. The van der Waals surface area contributed by atoms with Gasteiger partial charge in [0.25, 0.3) is 0 Å². The Morgan fingerprint density at radius 1 is 1.16 bits per heavy atom. The number of halogens is 1. The summed E-state index contributed by atoms with van der Waals surface area (Å²) < 4.78 is 22.6. The number of nitrogens with two attached hydrogens (primary N) is 1. The lowest BCUT2D eigenvalue weighted by molar-refractivity contribution is -0.128. The molecule has 194 valence electrons. The second kappa shape index (κ2) is 12.2. The molecule has 3 aromatic rings. The van der Waals surface area contributed by atoms with E-state index < -0.39 is 11.9 Å². The number of allylic oxidation sites excluding steroid dienone is 1. The van der Waals surface area contributed by atoms with E-state index in [1.807, 2.05) is 30.3 Å². The van der Waals surface area contributed by atoms with Gasteiger partial charge in [-0.15, -0.1) is 0 Å². The second-order valence-electron chi connectivity index (χ2n) is 8.51. The summed E-state index contributed by atoms with van der Waals surface area (Å²) in [6, 6.07) is 19.8. The monoisotopic (exact) mass is 530 g/mol. The Bertz CT molecular complexity index is 1440. The number of carbonyl (C=O) groups is 1. The fraction of sp³-hybridized carbons (Fsp3) is 0.200. The molecule has 0 saturated carbocycles. The number of unbranched alkanes of at least 4 members (excludes halogenated alkanes) is 1. The lowest BCUT2D eigenvalue weighted by Gasteiger charge is -2.27. The van der Waals surface area contributed by atoms with Crippen molar-refractivity contribution in [3.8, 4) is 29.1 Å². The Labute approximate surface area is 226 Å². The van der Waals surface area contributed by atoms with Gasteiger partial charge in [-0.05, 0) is 47.9 Å². The first-order valence-corrected chi connectivity index (χ1v) is 12.5. The third-order valence-corrected chi connectivity index (χ3v) is 6.33. The predicted octanol–water partition coefficient (Wildman–Crippen LogP) is 6.36. The van der Waals surface area contributed by atoms with E-state index in [-0.39, 0.29) is 17.2 Å². The highest BCUT2D eigenvalue weighted by atomic mass is 35.5. The average molecular weight is 531 g/mol. The van der Waals surface area contributed by atoms with E-state index in [0.29, 0.717) is 40.0 Å². The number of nitriles is 1. The van der Waals surface area contributed by atoms with Crippen LogP contribution in [0.2, 0.25) is 5.02 Å². The minimum absolute atomic E-state index is 0.0191. The zero-order valence-electron chi connectivity index (χ0n) is 21.1. The van der Waals surface area contributed by atoms with E-state index in [2.05, 4.69) is 13.0 Å². The van der Waals surface area contributed by atoms with Crippen molar-refractivity contribution in [2.24, 2.45) is 5.73 Å². The van der Waals surface area contributed by atoms with Crippen LogP contribution in [0.15, 0.2) is 78.2 Å². The number of benzene rings is 3. The Balaban J connectivity index is 1.61. The summed E-state index contributed by atoms with van der Waals surface area (Å²) in [5.74, 6) is 0.720. The zero-order valence-corrected chi connectivity index (χ0v) is 21.8. The average Bonchev–Trinajstić information content (AvgIpc) is 2.92. The van der Waals surface area contributed by atoms with Crippen LogP contribution in [0.4, 0.5) is 0 Å². The molecule has 2 N–H and O–H groups in total. The van der Waals surface area contributed by atoms with Crippen LogP contribution in [0.1, 0.15) is 42.4 Å². The number of ether oxygens (including phenoxy) is 4. The first-order valence-electron chi connectivity index (χ1n) is 12.1. The van der Waals surface area contributed by atoms with Gasteiger partial charge in [0.05, 0.1) is 19.6 Å². The van der Waals surface area contributed by atoms with Crippen molar-refractivity contribution in [2.75, 3.05) is 13.7 Å². The maximum atomic E-state index is 12.4. The molecule has 0 saturated heterocycles. The molecular formula is C30H27ClN2O5. The van der Waals surface area contributed by atoms with Crippen molar-refractivity contribution in [2.45, 2.75) is 25.7 Å². The first kappa shape index (κ1) is 26.6.